The van der Waals surface area contributed by atoms with Gasteiger partial charge in [-0.2, -0.15) is 0 Å². The molecule has 0 amide bonds. The molecule has 320 valence electrons. The largest absolute Gasteiger partial charge is 0.310 e. The maximum atomic E-state index is 2.53. The van der Waals surface area contributed by atoms with Crippen molar-refractivity contribution >= 4 is 34.1 Å². The van der Waals surface area contributed by atoms with Gasteiger partial charge >= 0.3 is 0 Å². The van der Waals surface area contributed by atoms with Gasteiger partial charge in [0, 0.05) is 34.1 Å². The number of hydrogen-bond donors (Lipinski definition) is 0. The number of nitrogens with zero attached hydrogens (tertiary/aromatic N) is 2. The SMILES string of the molecule is CC(C)(C)c1ccc2c(c1)C1(c3ccccc3-c3ccc(N(c4ccccc4)c4cccc(-c5ccccc5)c4)cc31)c1cc(N(c3ccccc3)c3cccc(-c4ccccc4)c3)ccc1-2. The first-order valence-electron chi connectivity index (χ1n) is 23.4. The molecule has 1 unspecified atom stereocenters. The molecule has 67 heavy (non-hydrogen) atoms. The zero-order valence-corrected chi connectivity index (χ0v) is 38.1. The van der Waals surface area contributed by atoms with Crippen molar-refractivity contribution in [3.63, 3.8) is 0 Å². The van der Waals surface area contributed by atoms with Crippen LogP contribution >= 0.6 is 0 Å². The number of para-hydroxylation sites is 2. The van der Waals surface area contributed by atoms with Gasteiger partial charge in [0.05, 0.1) is 5.41 Å². The molecule has 2 aliphatic carbocycles. The standard InChI is InChI=1S/C65H50N2/c1-64(2,3)49-34-37-57-59-39-36-55(67(51-28-14-7-15-29-51)53-31-19-25-48(41-53)46-22-10-5-11-23-46)44-63(59)65(61(57)42-49)60-33-17-16-32-56(60)58-38-35-54(43-62(58)65)66(50-26-12-6-13-27-50)52-30-18-24-47(40-52)45-20-8-4-9-21-45/h4-44H,1-3H3. The molecule has 2 aliphatic rings. The summed E-state index contributed by atoms with van der Waals surface area (Å²) < 4.78 is 0. The Balaban J connectivity index is 1.12. The van der Waals surface area contributed by atoms with Crippen LogP contribution in [0.15, 0.2) is 249 Å². The van der Waals surface area contributed by atoms with E-state index in [2.05, 4.69) is 279 Å². The fourth-order valence-corrected chi connectivity index (χ4v) is 10.9. The van der Waals surface area contributed by atoms with Crippen LogP contribution in [-0.2, 0) is 10.8 Å². The van der Waals surface area contributed by atoms with Crippen LogP contribution in [0.3, 0.4) is 0 Å². The van der Waals surface area contributed by atoms with Gasteiger partial charge in [-0.3, -0.25) is 0 Å². The van der Waals surface area contributed by atoms with Crippen molar-refractivity contribution in [3.05, 3.63) is 277 Å². The van der Waals surface area contributed by atoms with Crippen LogP contribution in [0.5, 0.6) is 0 Å². The first kappa shape index (κ1) is 40.3. The average Bonchev–Trinajstić information content (AvgIpc) is 3.84. The summed E-state index contributed by atoms with van der Waals surface area (Å²) in [5.74, 6) is 0. The van der Waals surface area contributed by atoms with Crippen LogP contribution in [0.1, 0.15) is 48.6 Å². The molecule has 0 bridgehead atoms. The molecule has 0 fully saturated rings. The second kappa shape index (κ2) is 16.0. The van der Waals surface area contributed by atoms with E-state index in [0.29, 0.717) is 0 Å². The first-order valence-corrected chi connectivity index (χ1v) is 23.4. The fourth-order valence-electron chi connectivity index (χ4n) is 10.9. The number of hydrogen-bond acceptors (Lipinski definition) is 2. The van der Waals surface area contributed by atoms with Gasteiger partial charge in [-0.1, -0.05) is 197 Å². The van der Waals surface area contributed by atoms with Gasteiger partial charge in [0.1, 0.15) is 0 Å². The van der Waals surface area contributed by atoms with Crippen LogP contribution in [0, 0.1) is 0 Å². The molecule has 10 aromatic carbocycles. The Kier molecular flexibility index (Phi) is 9.66. The Bertz CT molecular complexity index is 3300. The lowest BCUT2D eigenvalue weighted by Crippen LogP contribution is -2.27. The van der Waals surface area contributed by atoms with Gasteiger partial charge in [-0.05, 0) is 151 Å². The Morgan fingerprint density at radius 1 is 0.269 bits per heavy atom. The van der Waals surface area contributed by atoms with E-state index in [-0.39, 0.29) is 5.41 Å². The summed E-state index contributed by atoms with van der Waals surface area (Å²) in [7, 11) is 0. The molecule has 0 aliphatic heterocycles. The van der Waals surface area contributed by atoms with Gasteiger partial charge in [0.15, 0.2) is 0 Å². The van der Waals surface area contributed by atoms with Gasteiger partial charge in [0.25, 0.3) is 0 Å². The average molecular weight is 859 g/mol. The highest BCUT2D eigenvalue weighted by atomic mass is 15.1. The van der Waals surface area contributed by atoms with Crippen molar-refractivity contribution < 1.29 is 0 Å². The lowest BCUT2D eigenvalue weighted by atomic mass is 9.69. The maximum absolute atomic E-state index is 2.53. The van der Waals surface area contributed by atoms with Gasteiger partial charge in [-0.25, -0.2) is 0 Å². The van der Waals surface area contributed by atoms with E-state index in [1.807, 2.05) is 0 Å². The van der Waals surface area contributed by atoms with Crippen LogP contribution in [-0.4, -0.2) is 0 Å². The molecule has 1 spiro atoms. The maximum Gasteiger partial charge on any atom is 0.0727 e. The molecule has 0 saturated heterocycles. The van der Waals surface area contributed by atoms with E-state index < -0.39 is 5.41 Å². The Labute approximate surface area is 394 Å². The second-order valence-corrected chi connectivity index (χ2v) is 18.9. The molecule has 2 nitrogen and oxygen atoms in total. The lowest BCUT2D eigenvalue weighted by molar-refractivity contribution is 0.588. The van der Waals surface area contributed by atoms with Crippen molar-refractivity contribution in [2.75, 3.05) is 9.80 Å². The van der Waals surface area contributed by atoms with Gasteiger partial charge in [-0.15, -0.1) is 0 Å². The molecule has 1 atom stereocenters. The zero-order valence-electron chi connectivity index (χ0n) is 38.1. The quantitative estimate of drug-likeness (QED) is 0.150. The van der Waals surface area contributed by atoms with E-state index in [0.717, 1.165) is 34.1 Å². The molecule has 0 aromatic heterocycles. The Morgan fingerprint density at radius 2 is 0.627 bits per heavy atom. The molecule has 0 heterocycles. The van der Waals surface area contributed by atoms with E-state index in [4.69, 9.17) is 0 Å². The predicted octanol–water partition coefficient (Wildman–Crippen LogP) is 17.6. The van der Waals surface area contributed by atoms with Crippen molar-refractivity contribution in [1.29, 1.82) is 0 Å². The van der Waals surface area contributed by atoms with Gasteiger partial charge < -0.3 is 9.80 Å². The third kappa shape index (κ3) is 6.71. The van der Waals surface area contributed by atoms with E-state index >= 15 is 0 Å². The van der Waals surface area contributed by atoms with Crippen LogP contribution in [0.25, 0.3) is 44.5 Å². The smallest absolute Gasteiger partial charge is 0.0727 e. The highest BCUT2D eigenvalue weighted by molar-refractivity contribution is 5.98. The monoisotopic (exact) mass is 858 g/mol. The van der Waals surface area contributed by atoms with Crippen molar-refractivity contribution in [2.24, 2.45) is 0 Å². The zero-order chi connectivity index (χ0) is 45.1. The summed E-state index contributed by atoms with van der Waals surface area (Å²) >= 11 is 0. The van der Waals surface area contributed by atoms with Crippen LogP contribution < -0.4 is 9.80 Å². The second-order valence-electron chi connectivity index (χ2n) is 18.9. The number of benzene rings is 10. The van der Waals surface area contributed by atoms with Crippen molar-refractivity contribution in [1.82, 2.24) is 0 Å². The summed E-state index contributed by atoms with van der Waals surface area (Å²) in [5, 5.41) is 0. The number of rotatable bonds is 8. The van der Waals surface area contributed by atoms with Crippen molar-refractivity contribution in [3.8, 4) is 44.5 Å². The topological polar surface area (TPSA) is 6.48 Å². The number of anilines is 6. The third-order valence-corrected chi connectivity index (χ3v) is 14.0. The van der Waals surface area contributed by atoms with Gasteiger partial charge in [0.2, 0.25) is 0 Å². The summed E-state index contributed by atoms with van der Waals surface area (Å²) in [4.78, 5) is 4.86. The van der Waals surface area contributed by atoms with Crippen LogP contribution in [0.4, 0.5) is 34.1 Å². The Hall–Kier alpha value is -8.20. The molecule has 0 N–H and O–H groups in total. The third-order valence-electron chi connectivity index (χ3n) is 14.0. The van der Waals surface area contributed by atoms with Crippen LogP contribution in [0.2, 0.25) is 0 Å². The number of fused-ring (bicyclic) bond motifs is 10. The summed E-state index contributed by atoms with van der Waals surface area (Å²) in [6.45, 7) is 7.00. The summed E-state index contributed by atoms with van der Waals surface area (Å²) in [5.41, 5.74) is 22.5. The van der Waals surface area contributed by atoms with E-state index in [1.54, 1.807) is 0 Å². The molecule has 2 heteroatoms. The lowest BCUT2D eigenvalue weighted by Gasteiger charge is -2.34. The summed E-state index contributed by atoms with van der Waals surface area (Å²) in [6, 6.07) is 91.9. The van der Waals surface area contributed by atoms with Crippen molar-refractivity contribution in [2.45, 2.75) is 31.6 Å². The van der Waals surface area contributed by atoms with E-state index in [9.17, 15) is 0 Å². The molecular formula is C65H50N2. The minimum atomic E-state index is -0.605. The summed E-state index contributed by atoms with van der Waals surface area (Å²) in [6.07, 6.45) is 0. The molecular weight excluding hydrogens is 809 g/mol. The molecule has 12 rings (SSSR count). The minimum Gasteiger partial charge on any atom is -0.310 e. The highest BCUT2D eigenvalue weighted by Crippen LogP contribution is 2.64. The highest BCUT2D eigenvalue weighted by Gasteiger charge is 2.52. The molecule has 10 aromatic rings. The Morgan fingerprint density at radius 3 is 1.10 bits per heavy atom. The minimum absolute atomic E-state index is 0.0548. The predicted molar refractivity (Wildman–Crippen MR) is 282 cm³/mol. The fraction of sp³-hybridized carbons (Fsp3) is 0.0769. The van der Waals surface area contributed by atoms with E-state index in [1.165, 1.54) is 72.3 Å². The molecule has 0 radical (unpaired) electrons. The normalized spacial score (nSPS) is 14.3. The molecule has 0 saturated carbocycles. The first-order chi connectivity index (χ1) is 32.9.